The normalized spacial score (nSPS) is 11.6. The van der Waals surface area contributed by atoms with Crippen LogP contribution in [-0.2, 0) is 11.2 Å². The number of thiazole rings is 1. The maximum Gasteiger partial charge on any atom is 0.348 e. The quantitative estimate of drug-likeness (QED) is 0.180. The van der Waals surface area contributed by atoms with Crippen molar-refractivity contribution in [3.63, 3.8) is 0 Å². The lowest BCUT2D eigenvalue weighted by atomic mass is 10.0. The molecule has 0 saturated carbocycles. The SMILES string of the molecule is CC(C)CCc1sc(Nc2ncc(-c3ccc(C(=O)OC(C)(C)C)s3)cc2C(=O)O)nc1-c1ccc(Cl)c(Cl)c1. The number of pyridine rings is 1. The highest BCUT2D eigenvalue weighted by atomic mass is 35.5. The topological polar surface area (TPSA) is 101 Å². The van der Waals surface area contributed by atoms with Gasteiger partial charge in [0.2, 0.25) is 0 Å². The van der Waals surface area contributed by atoms with E-state index in [1.54, 1.807) is 51.2 Å². The van der Waals surface area contributed by atoms with E-state index in [9.17, 15) is 14.7 Å². The van der Waals surface area contributed by atoms with Crippen LogP contribution in [0, 0.1) is 5.92 Å². The first-order valence-corrected chi connectivity index (χ1v) is 15.0. The Morgan fingerprint density at radius 1 is 1.05 bits per heavy atom. The molecule has 3 heterocycles. The van der Waals surface area contributed by atoms with Gasteiger partial charge in [-0.25, -0.2) is 19.6 Å². The van der Waals surface area contributed by atoms with Crippen LogP contribution in [0.4, 0.5) is 10.9 Å². The molecule has 0 unspecified atom stereocenters. The third-order valence-corrected chi connectivity index (χ3v) is 8.56. The zero-order valence-electron chi connectivity index (χ0n) is 22.7. The molecule has 11 heteroatoms. The molecule has 0 bridgehead atoms. The van der Waals surface area contributed by atoms with Crippen molar-refractivity contribution in [3.05, 3.63) is 68.0 Å². The Morgan fingerprint density at radius 2 is 1.80 bits per heavy atom. The van der Waals surface area contributed by atoms with Crippen LogP contribution in [0.3, 0.4) is 0 Å². The van der Waals surface area contributed by atoms with E-state index in [4.69, 9.17) is 32.9 Å². The second-order valence-corrected chi connectivity index (χ2v) is 13.6. The first kappa shape index (κ1) is 30.0. The summed E-state index contributed by atoms with van der Waals surface area (Å²) in [4.78, 5) is 36.0. The molecule has 0 radical (unpaired) electrons. The van der Waals surface area contributed by atoms with Crippen molar-refractivity contribution >= 4 is 68.8 Å². The molecule has 0 aliphatic rings. The van der Waals surface area contributed by atoms with Crippen molar-refractivity contribution in [2.24, 2.45) is 5.92 Å². The summed E-state index contributed by atoms with van der Waals surface area (Å²) in [5.41, 5.74) is 1.55. The number of thiophene rings is 1. The van der Waals surface area contributed by atoms with Gasteiger partial charge in [0.1, 0.15) is 21.9 Å². The molecule has 0 spiro atoms. The lowest BCUT2D eigenvalue weighted by Crippen LogP contribution is -2.23. The number of nitrogens with one attached hydrogen (secondary N) is 1. The highest BCUT2D eigenvalue weighted by molar-refractivity contribution is 7.17. The van der Waals surface area contributed by atoms with E-state index in [-0.39, 0.29) is 11.4 Å². The summed E-state index contributed by atoms with van der Waals surface area (Å²) < 4.78 is 5.44. The Balaban J connectivity index is 1.64. The number of carboxylic acid groups (broad SMARTS) is 1. The number of aryl methyl sites for hydroxylation is 1. The fourth-order valence-electron chi connectivity index (χ4n) is 3.76. The number of carboxylic acids is 1. The Morgan fingerprint density at radius 3 is 2.45 bits per heavy atom. The highest BCUT2D eigenvalue weighted by Gasteiger charge is 2.22. The minimum atomic E-state index is -1.14. The largest absolute Gasteiger partial charge is 0.478 e. The van der Waals surface area contributed by atoms with Crippen molar-refractivity contribution in [3.8, 4) is 21.7 Å². The predicted octanol–water partition coefficient (Wildman–Crippen LogP) is 9.23. The van der Waals surface area contributed by atoms with E-state index >= 15 is 0 Å². The van der Waals surface area contributed by atoms with E-state index in [0.717, 1.165) is 29.0 Å². The second-order valence-electron chi connectivity index (χ2n) is 10.6. The van der Waals surface area contributed by atoms with Gasteiger partial charge in [-0.15, -0.1) is 22.7 Å². The Hall–Kier alpha value is -2.98. The van der Waals surface area contributed by atoms with Crippen LogP contribution in [-0.4, -0.2) is 32.6 Å². The molecule has 210 valence electrons. The van der Waals surface area contributed by atoms with Gasteiger partial charge >= 0.3 is 11.9 Å². The summed E-state index contributed by atoms with van der Waals surface area (Å²) in [5, 5.41) is 14.5. The summed E-state index contributed by atoms with van der Waals surface area (Å²) in [6, 6.07) is 10.3. The van der Waals surface area contributed by atoms with E-state index in [1.807, 2.05) is 6.07 Å². The summed E-state index contributed by atoms with van der Waals surface area (Å²) >= 11 is 15.1. The Kier molecular flexibility index (Phi) is 9.19. The maximum atomic E-state index is 12.4. The van der Waals surface area contributed by atoms with Gasteiger partial charge in [0.25, 0.3) is 0 Å². The lowest BCUT2D eigenvalue weighted by molar-refractivity contribution is 0.00750. The molecule has 2 N–H and O–H groups in total. The molecule has 0 fully saturated rings. The van der Waals surface area contributed by atoms with E-state index < -0.39 is 17.5 Å². The smallest absolute Gasteiger partial charge is 0.348 e. The third kappa shape index (κ3) is 7.40. The van der Waals surface area contributed by atoms with Crippen LogP contribution in [0.2, 0.25) is 10.0 Å². The number of anilines is 2. The second kappa shape index (κ2) is 12.3. The van der Waals surface area contributed by atoms with Crippen molar-refractivity contribution < 1.29 is 19.4 Å². The number of halogens is 2. The third-order valence-electron chi connectivity index (χ3n) is 5.67. The predicted molar refractivity (Wildman–Crippen MR) is 164 cm³/mol. The zero-order chi connectivity index (χ0) is 29.2. The van der Waals surface area contributed by atoms with Gasteiger partial charge in [-0.3, -0.25) is 0 Å². The molecule has 40 heavy (non-hydrogen) atoms. The molecular formula is C29H29Cl2N3O4S2. The average Bonchev–Trinajstić information content (AvgIpc) is 3.51. The van der Waals surface area contributed by atoms with Gasteiger partial charge in [0.05, 0.1) is 15.7 Å². The van der Waals surface area contributed by atoms with Crippen molar-refractivity contribution in [1.82, 2.24) is 9.97 Å². The van der Waals surface area contributed by atoms with Crippen LogP contribution < -0.4 is 5.32 Å². The number of hydrogen-bond acceptors (Lipinski definition) is 8. The van der Waals surface area contributed by atoms with Crippen molar-refractivity contribution in [1.29, 1.82) is 0 Å². The molecule has 0 aliphatic carbocycles. The fraction of sp³-hybridized carbons (Fsp3) is 0.310. The first-order chi connectivity index (χ1) is 18.8. The van der Waals surface area contributed by atoms with Crippen LogP contribution in [0.5, 0.6) is 0 Å². The highest BCUT2D eigenvalue weighted by Crippen LogP contribution is 2.37. The van der Waals surface area contributed by atoms with Gasteiger partial charge in [0.15, 0.2) is 5.13 Å². The number of aromatic carboxylic acids is 1. The number of carbonyl (C=O) groups excluding carboxylic acids is 1. The minimum Gasteiger partial charge on any atom is -0.478 e. The Labute approximate surface area is 251 Å². The molecule has 1 aromatic carbocycles. The van der Waals surface area contributed by atoms with Gasteiger partial charge in [-0.2, -0.15) is 0 Å². The molecule has 0 aliphatic heterocycles. The zero-order valence-corrected chi connectivity index (χ0v) is 25.8. The van der Waals surface area contributed by atoms with Crippen LogP contribution >= 0.6 is 45.9 Å². The fourth-order valence-corrected chi connectivity index (χ4v) is 5.92. The maximum absolute atomic E-state index is 12.4. The number of ether oxygens (including phenoxy) is 1. The molecule has 0 saturated heterocycles. The van der Waals surface area contributed by atoms with Crippen LogP contribution in [0.1, 0.15) is 65.9 Å². The van der Waals surface area contributed by atoms with Crippen LogP contribution in [0.25, 0.3) is 21.7 Å². The molecular weight excluding hydrogens is 589 g/mol. The first-order valence-electron chi connectivity index (χ1n) is 12.6. The monoisotopic (exact) mass is 617 g/mol. The number of aromatic nitrogens is 2. The lowest BCUT2D eigenvalue weighted by Gasteiger charge is -2.18. The number of benzene rings is 1. The van der Waals surface area contributed by atoms with Crippen molar-refractivity contribution in [2.75, 3.05) is 5.32 Å². The van der Waals surface area contributed by atoms with Gasteiger partial charge in [0, 0.05) is 27.1 Å². The number of esters is 1. The molecule has 4 aromatic rings. The minimum absolute atomic E-state index is 0.0141. The summed E-state index contributed by atoms with van der Waals surface area (Å²) in [6.07, 6.45) is 3.35. The van der Waals surface area contributed by atoms with Gasteiger partial charge in [-0.05, 0) is 69.9 Å². The van der Waals surface area contributed by atoms with Crippen molar-refractivity contribution in [2.45, 2.75) is 53.1 Å². The summed E-state index contributed by atoms with van der Waals surface area (Å²) in [6.45, 7) is 9.73. The molecule has 4 rings (SSSR count). The molecule has 3 aromatic heterocycles. The van der Waals surface area contributed by atoms with Crippen LogP contribution in [0.15, 0.2) is 42.6 Å². The number of hydrogen-bond donors (Lipinski definition) is 2. The number of carbonyl (C=O) groups is 2. The molecule has 0 atom stereocenters. The number of nitrogens with zero attached hydrogens (tertiary/aromatic N) is 2. The van der Waals surface area contributed by atoms with Gasteiger partial charge < -0.3 is 15.2 Å². The van der Waals surface area contributed by atoms with Gasteiger partial charge in [-0.1, -0.05) is 43.1 Å². The molecule has 7 nitrogen and oxygen atoms in total. The average molecular weight is 619 g/mol. The molecule has 0 amide bonds. The van der Waals surface area contributed by atoms with E-state index in [2.05, 4.69) is 24.1 Å². The summed E-state index contributed by atoms with van der Waals surface area (Å²) in [7, 11) is 0. The standard InChI is InChI=1S/C29H29Cl2N3O4S2/c1-15(2)6-9-22-24(16-7-8-19(30)20(31)13-16)33-28(40-22)34-25-18(26(35)36)12-17(14-32-25)21-10-11-23(39-21)27(37)38-29(3,4)5/h7-8,10-15H,6,9H2,1-5H3,(H,35,36)(H,32,33,34). The number of rotatable bonds is 9. The Bertz CT molecular complexity index is 1560. The van der Waals surface area contributed by atoms with E-state index in [1.165, 1.54) is 28.7 Å². The van der Waals surface area contributed by atoms with E-state index in [0.29, 0.717) is 36.4 Å². The summed E-state index contributed by atoms with van der Waals surface area (Å²) in [5.74, 6) is -0.892.